The van der Waals surface area contributed by atoms with Crippen LogP contribution in [0.15, 0.2) is 22.3 Å². The van der Waals surface area contributed by atoms with E-state index in [9.17, 15) is 58.5 Å². The molecule has 5 rings (SSSR count). The van der Waals surface area contributed by atoms with E-state index in [1.54, 1.807) is 26.0 Å². The summed E-state index contributed by atoms with van der Waals surface area (Å²) >= 11 is 1.44. The number of fused-ring (bicyclic) bond motifs is 5. The minimum atomic E-state index is -2.45. The van der Waals surface area contributed by atoms with Gasteiger partial charge < -0.3 is 125 Å². The molecule has 38 nitrogen and oxygen atoms in total. The van der Waals surface area contributed by atoms with Crippen molar-refractivity contribution in [1.82, 2.24) is 47.1 Å². The second kappa shape index (κ2) is 50.6. The maximum Gasteiger partial charge on any atom is 0.246 e. The maximum absolute atomic E-state index is 15.3. The van der Waals surface area contributed by atoms with Gasteiger partial charge in [-0.15, -0.1) is 0 Å². The molecule has 1 fully saturated rings. The van der Waals surface area contributed by atoms with Gasteiger partial charge in [-0.1, -0.05) is 32.3 Å². The molecule has 3 aliphatic heterocycles. The number of amides is 9. The van der Waals surface area contributed by atoms with E-state index in [1.165, 1.54) is 25.8 Å². The summed E-state index contributed by atoms with van der Waals surface area (Å²) in [7, 11) is -1.01. The number of aliphatic hydroxyl groups excluding tert-OH is 3. The van der Waals surface area contributed by atoms with Crippen molar-refractivity contribution in [3.63, 3.8) is 0 Å². The van der Waals surface area contributed by atoms with Crippen molar-refractivity contribution in [2.45, 2.75) is 106 Å². The molecule has 40 heteroatoms. The van der Waals surface area contributed by atoms with E-state index in [-0.39, 0.29) is 29.6 Å². The van der Waals surface area contributed by atoms with Gasteiger partial charge in [0.05, 0.1) is 213 Å². The van der Waals surface area contributed by atoms with Crippen LogP contribution in [-0.2, 0) is 118 Å². The number of aromatic nitrogens is 1. The molecule has 1 saturated heterocycles. The standard InChI is InChI=1S/C65H105N13O25S2/c1-5-41(2)56-62(88)69-35-54(83)71-49-40-105(91)64-45(33-47(59(85)68-36-55(84)74-56)72-63(89)57(42(3)51(81)38-79)75-61(87)50-32-43(80)37-78(50)65(90)48(34-53(66)82)73-60(49)86)44-6-7-52(92-4)46(58(44)76-64)39-104-31-30-103-29-28-102-27-26-101-25-24-100-23-22-99-21-20-98-19-18-97-17-16-96-15-14-95-13-12-94-11-10-93-9-8-70-77-67/h6-7,41-43,47-51,56-57,76,79-81H,5,8-40H2,1-4H3,(H2,66,82)(H,68,85)(H,69,88)(H,71,83)(H,72,89)(H,73,86)(H,74,84)(H,75,87)/t41-,42-,43+,47-,48-,49?,50-,51-,56-,57-,105?/m0/s1. The van der Waals surface area contributed by atoms with Crippen LogP contribution in [0.2, 0.25) is 0 Å². The Labute approximate surface area is 615 Å². The molecule has 2 unspecified atom stereocenters. The SMILES string of the molecule is CC[C@H](C)[C@@H]1NC(=O)CNC(=O)[C@@H]2Cc3c([nH]c4c(CSCCOCCOCCOCCOCCOCCOCCOCCOCCOCCOCCOCCN=[N+]=[N-])c(OC)ccc34)S(=O)CC(NC(=O)CNC1=O)C(=O)N[C@@H](CC(N)=O)C(=O)N1C[C@H](O)C[C@H]1C(=O)N[C@@H]([C@@H](C)[C@@H](O)CO)C(=O)N2. The van der Waals surface area contributed by atoms with Crippen LogP contribution < -0.4 is 47.7 Å². The molecule has 0 saturated carbocycles. The summed E-state index contributed by atoms with van der Waals surface area (Å²) < 4.78 is 82.0. The highest BCUT2D eigenvalue weighted by Gasteiger charge is 2.45. The first-order chi connectivity index (χ1) is 50.7. The monoisotopic (exact) mass is 1530 g/mol. The Balaban J connectivity index is 1.17. The van der Waals surface area contributed by atoms with Crippen LogP contribution in [0.4, 0.5) is 0 Å². The summed E-state index contributed by atoms with van der Waals surface area (Å²) in [6, 6.07) is -6.94. The largest absolute Gasteiger partial charge is 0.496 e. The first-order valence-corrected chi connectivity index (χ1v) is 37.3. The van der Waals surface area contributed by atoms with Crippen molar-refractivity contribution in [2.75, 3.05) is 197 Å². The fourth-order valence-corrected chi connectivity index (χ4v) is 13.2. The van der Waals surface area contributed by atoms with Crippen LogP contribution in [0.25, 0.3) is 21.3 Å². The van der Waals surface area contributed by atoms with E-state index in [1.807, 2.05) is 0 Å². The number of carbonyl (C=O) groups excluding carboxylic acids is 9. The van der Waals surface area contributed by atoms with Crippen molar-refractivity contribution >= 4 is 86.6 Å². The minimum Gasteiger partial charge on any atom is -0.496 e. The van der Waals surface area contributed by atoms with Crippen LogP contribution in [-0.4, -0.2) is 328 Å². The zero-order chi connectivity index (χ0) is 76.3. The van der Waals surface area contributed by atoms with E-state index in [0.717, 1.165) is 4.90 Å². The summed E-state index contributed by atoms with van der Waals surface area (Å²) in [4.78, 5) is 134. The fraction of sp³-hybridized carbons (Fsp3) is 0.738. The third kappa shape index (κ3) is 31.8. The predicted molar refractivity (Wildman–Crippen MR) is 376 cm³/mol. The lowest BCUT2D eigenvalue weighted by molar-refractivity contribution is -0.144. The van der Waals surface area contributed by atoms with Crippen molar-refractivity contribution in [2.24, 2.45) is 22.7 Å². The van der Waals surface area contributed by atoms with Gasteiger partial charge in [0, 0.05) is 59.2 Å². The van der Waals surface area contributed by atoms with Gasteiger partial charge in [-0.05, 0) is 29.1 Å². The number of ether oxygens (including phenoxy) is 12. The Kier molecular flexibility index (Phi) is 42.7. The quantitative estimate of drug-likeness (QED) is 0.0130. The Morgan fingerprint density at radius 1 is 0.676 bits per heavy atom. The molecule has 9 amide bonds. The summed E-state index contributed by atoms with van der Waals surface area (Å²) in [6.45, 7) is 10.5. The molecule has 11 atom stereocenters. The number of H-pyrrole nitrogens is 1. The maximum atomic E-state index is 15.3. The number of thioether (sulfide) groups is 1. The number of nitrogens with zero attached hydrogens (tertiary/aromatic N) is 4. The van der Waals surface area contributed by atoms with Gasteiger partial charge in [0.1, 0.15) is 47.0 Å². The molecule has 4 heterocycles. The average Bonchev–Trinajstić information content (AvgIpc) is 1.62. The van der Waals surface area contributed by atoms with Crippen molar-refractivity contribution < 1.29 is 120 Å². The molecule has 0 aliphatic carbocycles. The molecule has 1 aromatic heterocycles. The number of rotatable bonds is 46. The van der Waals surface area contributed by atoms with Crippen LogP contribution in [0.1, 0.15) is 51.2 Å². The van der Waals surface area contributed by atoms with Crippen LogP contribution in [0.5, 0.6) is 5.75 Å². The highest BCUT2D eigenvalue weighted by atomic mass is 32.2. The molecule has 3 aliphatic rings. The van der Waals surface area contributed by atoms with Crippen molar-refractivity contribution in [3.8, 4) is 5.75 Å². The fourth-order valence-electron chi connectivity index (χ4n) is 10.9. The van der Waals surface area contributed by atoms with Gasteiger partial charge in [0.15, 0.2) is 0 Å². The number of carbonyl (C=O) groups is 9. The first-order valence-electron chi connectivity index (χ1n) is 34.9. The summed E-state index contributed by atoms with van der Waals surface area (Å²) in [5, 5.41) is 53.1. The number of aliphatic hydroxyl groups is 3. The molecule has 1 aromatic carbocycles. The van der Waals surface area contributed by atoms with E-state index >= 15 is 4.21 Å². The van der Waals surface area contributed by atoms with E-state index in [0.29, 0.717) is 173 Å². The number of aromatic amines is 1. The van der Waals surface area contributed by atoms with Gasteiger partial charge in [0.2, 0.25) is 53.2 Å². The van der Waals surface area contributed by atoms with Crippen LogP contribution in [0.3, 0.4) is 0 Å². The Hall–Kier alpha value is -6.96. The smallest absolute Gasteiger partial charge is 0.246 e. The lowest BCUT2D eigenvalue weighted by atomic mass is 9.93. The number of primary amides is 1. The van der Waals surface area contributed by atoms with Gasteiger partial charge in [-0.25, -0.2) is 0 Å². The number of hydrogen-bond acceptors (Lipinski definition) is 27. The Morgan fingerprint density at radius 2 is 1.19 bits per heavy atom. The van der Waals surface area contributed by atoms with Gasteiger partial charge >= 0.3 is 0 Å². The lowest BCUT2D eigenvalue weighted by Gasteiger charge is -2.32. The number of nitrogens with one attached hydrogen (secondary N) is 8. The normalized spacial score (nSPS) is 21.9. The summed E-state index contributed by atoms with van der Waals surface area (Å²) in [5.74, 6) is -10.9. The highest BCUT2D eigenvalue weighted by molar-refractivity contribution is 7.98. The molecule has 592 valence electrons. The minimum absolute atomic E-state index is 0.112. The Morgan fingerprint density at radius 3 is 1.70 bits per heavy atom. The van der Waals surface area contributed by atoms with Crippen molar-refractivity contribution in [3.05, 3.63) is 33.7 Å². The number of azide groups is 1. The second-order valence-electron chi connectivity index (χ2n) is 24.3. The van der Waals surface area contributed by atoms with E-state index < -0.39 is 176 Å². The number of hydrogen-bond donors (Lipinski definition) is 12. The molecule has 2 aromatic rings. The number of benzene rings is 1. The number of methoxy groups -OCH3 is 1. The molecule has 0 spiro atoms. The van der Waals surface area contributed by atoms with E-state index in [2.05, 4.69) is 52.2 Å². The summed E-state index contributed by atoms with van der Waals surface area (Å²) in [5.41, 5.74) is 14.8. The van der Waals surface area contributed by atoms with Crippen LogP contribution >= 0.6 is 11.8 Å². The average molecular weight is 1530 g/mol. The second-order valence-corrected chi connectivity index (χ2v) is 26.9. The molecular weight excluding hydrogens is 1430 g/mol. The third-order valence-corrected chi connectivity index (χ3v) is 19.1. The highest BCUT2D eigenvalue weighted by Crippen LogP contribution is 2.36. The lowest BCUT2D eigenvalue weighted by Crippen LogP contribution is -2.62. The zero-order valence-corrected chi connectivity index (χ0v) is 61.6. The summed E-state index contributed by atoms with van der Waals surface area (Å²) in [6.07, 6.45) is -4.56. The molecule has 2 bridgehead atoms. The molecule has 0 radical (unpaired) electrons. The van der Waals surface area contributed by atoms with Crippen molar-refractivity contribution in [1.29, 1.82) is 0 Å². The Bertz CT molecular complexity index is 3120. The topological polar surface area (TPSA) is 520 Å². The number of nitrogens with two attached hydrogens (primary N) is 1. The predicted octanol–water partition coefficient (Wildman–Crippen LogP) is -3.89. The van der Waals surface area contributed by atoms with E-state index in [4.69, 9.17) is 68.1 Å². The third-order valence-electron chi connectivity index (χ3n) is 16.7. The molecule has 13 N–H and O–H groups in total. The zero-order valence-electron chi connectivity index (χ0n) is 60.0. The molecular formula is C65H105N13O25S2. The van der Waals surface area contributed by atoms with Gasteiger partial charge in [0.25, 0.3) is 0 Å². The van der Waals surface area contributed by atoms with Gasteiger partial charge in [-0.2, -0.15) is 11.8 Å². The van der Waals surface area contributed by atoms with Gasteiger partial charge in [-0.3, -0.25) is 47.4 Å². The first kappa shape index (κ1) is 88.7. The van der Waals surface area contributed by atoms with Crippen LogP contribution in [0, 0.1) is 11.8 Å². The molecule has 105 heavy (non-hydrogen) atoms.